The normalized spacial score (nSPS) is 19.5. The third kappa shape index (κ3) is 5.11. The second-order valence-corrected chi connectivity index (χ2v) is 8.55. The van der Waals surface area contributed by atoms with Gasteiger partial charge in [-0.3, -0.25) is 9.89 Å². The summed E-state index contributed by atoms with van der Waals surface area (Å²) in [6, 6.07) is 3.45. The molecule has 1 fully saturated rings. The molecule has 9 nitrogen and oxygen atoms in total. The fourth-order valence-corrected chi connectivity index (χ4v) is 3.68. The molecular formula is C19H27N5O4. The van der Waals surface area contributed by atoms with Gasteiger partial charge in [0.2, 0.25) is 5.91 Å². The van der Waals surface area contributed by atoms with Gasteiger partial charge in [-0.05, 0) is 24.7 Å². The van der Waals surface area contributed by atoms with Crippen LogP contribution in [0.25, 0.3) is 0 Å². The van der Waals surface area contributed by atoms with Crippen LogP contribution in [0.1, 0.15) is 57.4 Å². The zero-order chi connectivity index (χ0) is 20.3. The molecule has 28 heavy (non-hydrogen) atoms. The molecule has 2 aromatic heterocycles. The second kappa shape index (κ2) is 8.04. The van der Waals surface area contributed by atoms with Gasteiger partial charge in [-0.15, -0.1) is 0 Å². The molecule has 3 rings (SSSR count). The first-order valence-electron chi connectivity index (χ1n) is 9.45. The number of H-pyrrole nitrogens is 1. The molecule has 1 aliphatic carbocycles. The maximum absolute atomic E-state index is 12.0. The number of rotatable bonds is 6. The van der Waals surface area contributed by atoms with Crippen molar-refractivity contribution < 1.29 is 19.2 Å². The van der Waals surface area contributed by atoms with Crippen molar-refractivity contribution in [1.82, 2.24) is 20.3 Å². The number of carbonyl (C=O) groups is 2. The molecule has 2 atom stereocenters. The Morgan fingerprint density at radius 1 is 1.39 bits per heavy atom. The number of anilines is 1. The number of hydrogen-bond acceptors (Lipinski definition) is 5. The molecule has 0 radical (unpaired) electrons. The van der Waals surface area contributed by atoms with E-state index in [-0.39, 0.29) is 29.7 Å². The van der Waals surface area contributed by atoms with E-state index < -0.39 is 6.09 Å². The summed E-state index contributed by atoms with van der Waals surface area (Å²) in [6.07, 6.45) is 3.16. The van der Waals surface area contributed by atoms with Gasteiger partial charge in [-0.1, -0.05) is 25.9 Å². The number of nitrogens with zero attached hydrogens (tertiary/aromatic N) is 3. The Hall–Kier alpha value is -2.84. The number of nitrogens with one attached hydrogen (secondary N) is 2. The van der Waals surface area contributed by atoms with Gasteiger partial charge >= 0.3 is 6.09 Å². The highest BCUT2D eigenvalue weighted by atomic mass is 16.5. The van der Waals surface area contributed by atoms with E-state index in [0.717, 1.165) is 25.0 Å². The van der Waals surface area contributed by atoms with Crippen molar-refractivity contribution in [2.75, 3.05) is 11.9 Å². The van der Waals surface area contributed by atoms with Gasteiger partial charge < -0.3 is 19.8 Å². The minimum absolute atomic E-state index is 0.00508. The van der Waals surface area contributed by atoms with Crippen molar-refractivity contribution >= 4 is 17.8 Å². The van der Waals surface area contributed by atoms with E-state index in [0.29, 0.717) is 18.1 Å². The summed E-state index contributed by atoms with van der Waals surface area (Å²) < 4.78 is 4.92. The highest BCUT2D eigenvalue weighted by Gasteiger charge is 2.35. The molecule has 9 heteroatoms. The van der Waals surface area contributed by atoms with Crippen LogP contribution in [0.5, 0.6) is 0 Å². The standard InChI is InChI=1S/C19H27N5O4/c1-19(2,3)11-24(18(26)27)13-5-4-12(8-13)15-10-16(23-22-15)21-17(25)9-14-6-7-20-28-14/h6-7,10,12-13H,4-5,8-9,11H2,1-3H3,(H,26,27)(H2,21,22,23,25)/t12-,13+/m0/s1. The smallest absolute Gasteiger partial charge is 0.407 e. The number of aromatic nitrogens is 3. The van der Waals surface area contributed by atoms with E-state index in [1.165, 1.54) is 6.20 Å². The number of carbonyl (C=O) groups excluding carboxylic acids is 1. The van der Waals surface area contributed by atoms with Gasteiger partial charge in [-0.2, -0.15) is 5.10 Å². The number of amides is 2. The molecule has 0 spiro atoms. The topological polar surface area (TPSA) is 124 Å². The molecule has 0 saturated heterocycles. The number of hydrogen-bond donors (Lipinski definition) is 3. The molecule has 0 unspecified atom stereocenters. The molecule has 2 heterocycles. The fraction of sp³-hybridized carbons (Fsp3) is 0.579. The molecule has 2 amide bonds. The quantitative estimate of drug-likeness (QED) is 0.697. The van der Waals surface area contributed by atoms with E-state index in [4.69, 9.17) is 4.52 Å². The van der Waals surface area contributed by atoms with E-state index >= 15 is 0 Å². The predicted octanol–water partition coefficient (Wildman–Crippen LogP) is 3.24. The average molecular weight is 389 g/mol. The molecular weight excluding hydrogens is 362 g/mol. The Labute approximate surface area is 163 Å². The number of carboxylic acid groups (broad SMARTS) is 1. The van der Waals surface area contributed by atoms with Gasteiger partial charge in [0.25, 0.3) is 0 Å². The first-order valence-corrected chi connectivity index (χ1v) is 9.45. The van der Waals surface area contributed by atoms with Gasteiger partial charge in [0.1, 0.15) is 5.76 Å². The van der Waals surface area contributed by atoms with Crippen LogP contribution in [0.2, 0.25) is 0 Å². The first-order chi connectivity index (χ1) is 13.2. The lowest BCUT2D eigenvalue weighted by Crippen LogP contribution is -2.43. The van der Waals surface area contributed by atoms with E-state index in [1.54, 1.807) is 11.0 Å². The summed E-state index contributed by atoms with van der Waals surface area (Å²) in [6.45, 7) is 6.62. The first kappa shape index (κ1) is 19.9. The van der Waals surface area contributed by atoms with Crippen molar-refractivity contribution in [3.63, 3.8) is 0 Å². The summed E-state index contributed by atoms with van der Waals surface area (Å²) in [7, 11) is 0. The van der Waals surface area contributed by atoms with Crippen LogP contribution in [-0.2, 0) is 11.2 Å². The van der Waals surface area contributed by atoms with Gasteiger partial charge in [-0.25, -0.2) is 4.79 Å². The van der Waals surface area contributed by atoms with Crippen LogP contribution < -0.4 is 5.32 Å². The minimum atomic E-state index is -0.870. The Morgan fingerprint density at radius 3 is 2.82 bits per heavy atom. The second-order valence-electron chi connectivity index (χ2n) is 8.55. The van der Waals surface area contributed by atoms with Gasteiger partial charge in [0.05, 0.1) is 12.6 Å². The van der Waals surface area contributed by atoms with Crippen LogP contribution in [0.15, 0.2) is 22.9 Å². The largest absolute Gasteiger partial charge is 0.465 e. The van der Waals surface area contributed by atoms with E-state index in [1.807, 2.05) is 26.8 Å². The van der Waals surface area contributed by atoms with Gasteiger partial charge in [0.15, 0.2) is 5.82 Å². The van der Waals surface area contributed by atoms with Crippen LogP contribution in [0.4, 0.5) is 10.6 Å². The summed E-state index contributed by atoms with van der Waals surface area (Å²) in [5.74, 6) is 0.896. The van der Waals surface area contributed by atoms with E-state index in [2.05, 4.69) is 20.7 Å². The third-order valence-electron chi connectivity index (χ3n) is 4.87. The summed E-state index contributed by atoms with van der Waals surface area (Å²) >= 11 is 0. The Bertz CT molecular complexity index is 809. The van der Waals surface area contributed by atoms with Crippen LogP contribution in [-0.4, -0.2) is 49.9 Å². The van der Waals surface area contributed by atoms with Crippen molar-refractivity contribution in [1.29, 1.82) is 0 Å². The van der Waals surface area contributed by atoms with Crippen molar-refractivity contribution in [2.45, 2.75) is 58.4 Å². The van der Waals surface area contributed by atoms with Crippen molar-refractivity contribution in [3.8, 4) is 0 Å². The summed E-state index contributed by atoms with van der Waals surface area (Å²) in [5.41, 5.74) is 0.823. The Morgan fingerprint density at radius 2 is 2.18 bits per heavy atom. The van der Waals surface area contributed by atoms with Crippen LogP contribution in [0, 0.1) is 5.41 Å². The highest BCUT2D eigenvalue weighted by Crippen LogP contribution is 2.37. The molecule has 0 aromatic carbocycles. The van der Waals surface area contributed by atoms with Gasteiger partial charge in [0, 0.05) is 36.3 Å². The molecule has 3 N–H and O–H groups in total. The summed E-state index contributed by atoms with van der Waals surface area (Å²) in [4.78, 5) is 25.3. The zero-order valence-electron chi connectivity index (χ0n) is 16.4. The maximum Gasteiger partial charge on any atom is 0.407 e. The van der Waals surface area contributed by atoms with Crippen LogP contribution in [0.3, 0.4) is 0 Å². The maximum atomic E-state index is 12.0. The van der Waals surface area contributed by atoms with Crippen molar-refractivity contribution in [2.24, 2.45) is 5.41 Å². The predicted molar refractivity (Wildman–Crippen MR) is 102 cm³/mol. The molecule has 152 valence electrons. The van der Waals surface area contributed by atoms with Crippen LogP contribution >= 0.6 is 0 Å². The van der Waals surface area contributed by atoms with Crippen molar-refractivity contribution in [3.05, 3.63) is 29.8 Å². The molecule has 2 aromatic rings. The minimum Gasteiger partial charge on any atom is -0.465 e. The molecule has 0 aliphatic heterocycles. The third-order valence-corrected chi connectivity index (χ3v) is 4.87. The Balaban J connectivity index is 1.58. The highest BCUT2D eigenvalue weighted by molar-refractivity contribution is 5.91. The molecule has 1 saturated carbocycles. The average Bonchev–Trinajstić information content (AvgIpc) is 3.32. The number of aromatic amines is 1. The fourth-order valence-electron chi connectivity index (χ4n) is 3.68. The lowest BCUT2D eigenvalue weighted by Gasteiger charge is -2.32. The SMILES string of the molecule is CC(C)(C)CN(C(=O)O)[C@@H]1CC[C@H](c2cc(NC(=O)Cc3ccno3)n[nH]2)C1. The molecule has 0 bridgehead atoms. The Kier molecular flexibility index (Phi) is 5.71. The monoisotopic (exact) mass is 389 g/mol. The summed E-state index contributed by atoms with van der Waals surface area (Å²) in [5, 5.41) is 23.1. The van der Waals surface area contributed by atoms with E-state index in [9.17, 15) is 14.7 Å². The lowest BCUT2D eigenvalue weighted by atomic mass is 9.95. The zero-order valence-corrected chi connectivity index (χ0v) is 16.4. The lowest BCUT2D eigenvalue weighted by molar-refractivity contribution is -0.115. The molecule has 1 aliphatic rings.